The average molecular weight is 375 g/mol. The zero-order valence-corrected chi connectivity index (χ0v) is 13.4. The van der Waals surface area contributed by atoms with Crippen LogP contribution in [-0.4, -0.2) is 17.9 Å². The second-order valence-electron chi connectivity index (χ2n) is 4.53. The van der Waals surface area contributed by atoms with E-state index in [-0.39, 0.29) is 18.0 Å². The van der Waals surface area contributed by atoms with Crippen molar-refractivity contribution in [1.29, 1.82) is 0 Å². The third kappa shape index (κ3) is 3.80. The zero-order chi connectivity index (χ0) is 15.6. The van der Waals surface area contributed by atoms with Crippen molar-refractivity contribution in [2.45, 2.75) is 6.54 Å². The molecule has 0 fully saturated rings. The predicted octanol–water partition coefficient (Wildman–Crippen LogP) is 4.65. The minimum atomic E-state index is -0.674. The van der Waals surface area contributed by atoms with Crippen molar-refractivity contribution >= 4 is 33.4 Å². The third-order valence-electron chi connectivity index (χ3n) is 2.94. The fraction of sp³-hybridized carbons (Fsp3) is 0.133. The summed E-state index contributed by atoms with van der Waals surface area (Å²) in [6.07, 6.45) is 0. The van der Waals surface area contributed by atoms with E-state index in [4.69, 9.17) is 11.6 Å². The maximum atomic E-state index is 13.6. The van der Waals surface area contributed by atoms with E-state index in [0.717, 1.165) is 12.1 Å². The van der Waals surface area contributed by atoms with Gasteiger partial charge < -0.3 is 4.90 Å². The SMILES string of the molecule is CN(Cc1ccc(F)cc1F)C(=O)c1ccc(Cl)c(Br)c1. The van der Waals surface area contributed by atoms with Gasteiger partial charge in [0.05, 0.1) is 5.02 Å². The van der Waals surface area contributed by atoms with Crippen LogP contribution >= 0.6 is 27.5 Å². The first-order chi connectivity index (χ1) is 9.88. The number of carbonyl (C=O) groups excluding carboxylic acids is 1. The maximum Gasteiger partial charge on any atom is 0.253 e. The van der Waals surface area contributed by atoms with Crippen molar-refractivity contribution in [2.24, 2.45) is 0 Å². The Balaban J connectivity index is 2.17. The molecule has 0 unspecified atom stereocenters. The van der Waals surface area contributed by atoms with E-state index in [1.165, 1.54) is 11.0 Å². The number of benzene rings is 2. The van der Waals surface area contributed by atoms with E-state index in [0.29, 0.717) is 15.1 Å². The van der Waals surface area contributed by atoms with Crippen LogP contribution in [0.25, 0.3) is 0 Å². The van der Waals surface area contributed by atoms with Crippen molar-refractivity contribution in [3.8, 4) is 0 Å². The van der Waals surface area contributed by atoms with Crippen LogP contribution in [0.4, 0.5) is 8.78 Å². The van der Waals surface area contributed by atoms with Gasteiger partial charge in [0, 0.05) is 35.3 Å². The summed E-state index contributed by atoms with van der Waals surface area (Å²) < 4.78 is 27.1. The Morgan fingerprint density at radius 1 is 1.24 bits per heavy atom. The van der Waals surface area contributed by atoms with Gasteiger partial charge in [-0.2, -0.15) is 0 Å². The minimum absolute atomic E-state index is 0.0468. The molecule has 0 spiro atoms. The Morgan fingerprint density at radius 2 is 1.95 bits per heavy atom. The van der Waals surface area contributed by atoms with Gasteiger partial charge in [0.15, 0.2) is 0 Å². The molecule has 0 bridgehead atoms. The lowest BCUT2D eigenvalue weighted by Gasteiger charge is -2.18. The summed E-state index contributed by atoms with van der Waals surface area (Å²) in [5, 5.41) is 0.499. The largest absolute Gasteiger partial charge is 0.337 e. The number of halogens is 4. The third-order valence-corrected chi connectivity index (χ3v) is 4.15. The monoisotopic (exact) mass is 373 g/mol. The van der Waals surface area contributed by atoms with Crippen LogP contribution in [0.15, 0.2) is 40.9 Å². The molecule has 0 saturated heterocycles. The quantitative estimate of drug-likeness (QED) is 0.765. The molecule has 21 heavy (non-hydrogen) atoms. The molecule has 0 atom stereocenters. The zero-order valence-electron chi connectivity index (χ0n) is 11.0. The Morgan fingerprint density at radius 3 is 2.57 bits per heavy atom. The molecule has 0 radical (unpaired) electrons. The smallest absolute Gasteiger partial charge is 0.253 e. The van der Waals surface area contributed by atoms with Crippen LogP contribution in [0.2, 0.25) is 5.02 Å². The second-order valence-corrected chi connectivity index (χ2v) is 5.79. The van der Waals surface area contributed by atoms with Crippen LogP contribution in [0.1, 0.15) is 15.9 Å². The van der Waals surface area contributed by atoms with Gasteiger partial charge in [0.1, 0.15) is 11.6 Å². The molecule has 0 heterocycles. The first-order valence-corrected chi connectivity index (χ1v) is 7.20. The lowest BCUT2D eigenvalue weighted by atomic mass is 10.1. The molecule has 1 amide bonds. The minimum Gasteiger partial charge on any atom is -0.337 e. The topological polar surface area (TPSA) is 20.3 Å². The average Bonchev–Trinajstić information content (AvgIpc) is 2.44. The van der Waals surface area contributed by atoms with E-state index < -0.39 is 11.6 Å². The number of hydrogen-bond acceptors (Lipinski definition) is 1. The van der Waals surface area contributed by atoms with Crippen LogP contribution < -0.4 is 0 Å². The van der Waals surface area contributed by atoms with E-state index >= 15 is 0 Å². The van der Waals surface area contributed by atoms with Crippen molar-refractivity contribution < 1.29 is 13.6 Å². The van der Waals surface area contributed by atoms with Gasteiger partial charge in [-0.3, -0.25) is 4.79 Å². The van der Waals surface area contributed by atoms with Gasteiger partial charge >= 0.3 is 0 Å². The van der Waals surface area contributed by atoms with Crippen LogP contribution in [-0.2, 0) is 6.54 Å². The summed E-state index contributed by atoms with van der Waals surface area (Å²) in [5.74, 6) is -1.60. The second kappa shape index (κ2) is 6.54. The highest BCUT2D eigenvalue weighted by Crippen LogP contribution is 2.24. The number of nitrogens with zero attached hydrogens (tertiary/aromatic N) is 1. The van der Waals surface area contributed by atoms with Gasteiger partial charge in [-0.25, -0.2) is 8.78 Å². The van der Waals surface area contributed by atoms with Crippen LogP contribution in [0.3, 0.4) is 0 Å². The van der Waals surface area contributed by atoms with Crippen molar-refractivity contribution in [1.82, 2.24) is 4.90 Å². The first kappa shape index (κ1) is 15.9. The van der Waals surface area contributed by atoms with Crippen molar-refractivity contribution in [3.05, 3.63) is 68.7 Å². The number of rotatable bonds is 3. The lowest BCUT2D eigenvalue weighted by Crippen LogP contribution is -2.26. The molecular weight excluding hydrogens is 364 g/mol. The standard InChI is InChI=1S/C15H11BrClF2NO/c1-20(8-10-2-4-11(18)7-14(10)19)15(21)9-3-5-13(17)12(16)6-9/h2-7H,8H2,1H3. The molecule has 0 aliphatic heterocycles. The Labute approximate surface area is 134 Å². The molecule has 2 rings (SSSR count). The Hall–Kier alpha value is -1.46. The molecule has 2 aromatic carbocycles. The van der Waals surface area contributed by atoms with Crippen LogP contribution in [0.5, 0.6) is 0 Å². The van der Waals surface area contributed by atoms with Crippen molar-refractivity contribution in [2.75, 3.05) is 7.05 Å². The summed E-state index contributed by atoms with van der Waals surface area (Å²) >= 11 is 9.12. The lowest BCUT2D eigenvalue weighted by molar-refractivity contribution is 0.0784. The highest BCUT2D eigenvalue weighted by atomic mass is 79.9. The normalized spacial score (nSPS) is 10.5. The molecule has 0 aliphatic rings. The van der Waals surface area contributed by atoms with E-state index in [1.54, 1.807) is 25.2 Å². The van der Waals surface area contributed by atoms with Gasteiger partial charge in [-0.05, 0) is 40.2 Å². The predicted molar refractivity (Wildman–Crippen MR) is 81.3 cm³/mol. The molecule has 110 valence electrons. The fourth-order valence-electron chi connectivity index (χ4n) is 1.83. The molecule has 0 aliphatic carbocycles. The van der Waals surface area contributed by atoms with Gasteiger partial charge in [0.2, 0.25) is 0 Å². The highest BCUT2D eigenvalue weighted by Gasteiger charge is 2.15. The summed E-state index contributed by atoms with van der Waals surface area (Å²) in [5.41, 5.74) is 0.677. The molecule has 0 N–H and O–H groups in total. The molecule has 2 nitrogen and oxygen atoms in total. The van der Waals surface area contributed by atoms with E-state index in [2.05, 4.69) is 15.9 Å². The number of carbonyl (C=O) groups is 1. The van der Waals surface area contributed by atoms with Gasteiger partial charge in [0.25, 0.3) is 5.91 Å². The summed E-state index contributed by atoms with van der Waals surface area (Å²) in [6, 6.07) is 8.08. The molecule has 0 aromatic heterocycles. The summed E-state index contributed by atoms with van der Waals surface area (Å²) in [6.45, 7) is 0.0468. The highest BCUT2D eigenvalue weighted by molar-refractivity contribution is 9.10. The van der Waals surface area contributed by atoms with E-state index in [1.807, 2.05) is 0 Å². The summed E-state index contributed by atoms with van der Waals surface area (Å²) in [4.78, 5) is 13.6. The van der Waals surface area contributed by atoms with Gasteiger partial charge in [-0.1, -0.05) is 17.7 Å². The number of amides is 1. The van der Waals surface area contributed by atoms with E-state index in [9.17, 15) is 13.6 Å². The number of hydrogen-bond donors (Lipinski definition) is 0. The molecule has 0 saturated carbocycles. The van der Waals surface area contributed by atoms with Gasteiger partial charge in [-0.15, -0.1) is 0 Å². The van der Waals surface area contributed by atoms with Crippen LogP contribution in [0, 0.1) is 11.6 Å². The molecule has 2 aromatic rings. The Kier molecular flexibility index (Phi) is 4.96. The Bertz CT molecular complexity index is 693. The molecular formula is C15H11BrClF2NO. The fourth-order valence-corrected chi connectivity index (χ4v) is 2.32. The summed E-state index contributed by atoms with van der Waals surface area (Å²) in [7, 11) is 1.55. The first-order valence-electron chi connectivity index (χ1n) is 6.03. The molecule has 6 heteroatoms. The van der Waals surface area contributed by atoms with Crippen molar-refractivity contribution in [3.63, 3.8) is 0 Å². The maximum absolute atomic E-state index is 13.6.